The van der Waals surface area contributed by atoms with Crippen molar-refractivity contribution in [1.29, 1.82) is 0 Å². The summed E-state index contributed by atoms with van der Waals surface area (Å²) in [5.74, 6) is -0.943. The van der Waals surface area contributed by atoms with E-state index in [0.29, 0.717) is 4.47 Å². The van der Waals surface area contributed by atoms with E-state index in [9.17, 15) is 4.79 Å². The first kappa shape index (κ1) is 12.6. The normalized spacial score (nSPS) is 10.1. The number of rotatable bonds is 3. The molecule has 0 aliphatic carbocycles. The summed E-state index contributed by atoms with van der Waals surface area (Å²) in [6.45, 7) is 1.91. The van der Waals surface area contributed by atoms with Crippen molar-refractivity contribution in [2.24, 2.45) is 0 Å². The Hall–Kier alpha value is -1.88. The Morgan fingerprint density at radius 3 is 2.72 bits per heavy atom. The molecule has 18 heavy (non-hydrogen) atoms. The zero-order chi connectivity index (χ0) is 13.1. The first-order valence-corrected chi connectivity index (χ1v) is 6.08. The molecule has 0 saturated heterocycles. The Balaban J connectivity index is 2.27. The van der Waals surface area contributed by atoms with Crippen LogP contribution in [0.2, 0.25) is 0 Å². The maximum Gasteiger partial charge on any atom is 0.335 e. The van der Waals surface area contributed by atoms with Gasteiger partial charge in [0.25, 0.3) is 0 Å². The van der Waals surface area contributed by atoms with Gasteiger partial charge in [0, 0.05) is 22.1 Å². The highest BCUT2D eigenvalue weighted by Crippen LogP contribution is 2.27. The van der Waals surface area contributed by atoms with Crippen LogP contribution in [0, 0.1) is 6.92 Å². The second-order valence-electron chi connectivity index (χ2n) is 3.81. The van der Waals surface area contributed by atoms with Gasteiger partial charge in [-0.2, -0.15) is 0 Å². The van der Waals surface area contributed by atoms with Crippen LogP contribution in [-0.4, -0.2) is 16.1 Å². The molecule has 4 nitrogen and oxygen atoms in total. The van der Waals surface area contributed by atoms with Crippen molar-refractivity contribution in [3.8, 4) is 0 Å². The number of hydrogen-bond acceptors (Lipinski definition) is 3. The third kappa shape index (κ3) is 2.87. The quantitative estimate of drug-likeness (QED) is 0.909. The van der Waals surface area contributed by atoms with Crippen LogP contribution in [0.4, 0.5) is 11.4 Å². The highest BCUT2D eigenvalue weighted by Gasteiger charge is 2.06. The summed E-state index contributed by atoms with van der Waals surface area (Å²) in [5.41, 5.74) is 2.88. The molecular formula is C13H11BrN2O2. The van der Waals surface area contributed by atoms with Crippen molar-refractivity contribution in [2.75, 3.05) is 5.32 Å². The lowest BCUT2D eigenvalue weighted by Gasteiger charge is -2.09. The third-order valence-electron chi connectivity index (χ3n) is 2.39. The van der Waals surface area contributed by atoms with Gasteiger partial charge in [0.15, 0.2) is 0 Å². The molecule has 0 bridgehead atoms. The van der Waals surface area contributed by atoms with Crippen LogP contribution < -0.4 is 5.32 Å². The van der Waals surface area contributed by atoms with Gasteiger partial charge in [0.2, 0.25) is 0 Å². The summed E-state index contributed by atoms with van der Waals surface area (Å²) in [6.07, 6.45) is 1.72. The minimum absolute atomic E-state index is 0.248. The van der Waals surface area contributed by atoms with Crippen LogP contribution in [-0.2, 0) is 0 Å². The number of hydrogen-bond donors (Lipinski definition) is 2. The van der Waals surface area contributed by atoms with Crippen molar-refractivity contribution in [2.45, 2.75) is 6.92 Å². The number of pyridine rings is 1. The van der Waals surface area contributed by atoms with Crippen LogP contribution >= 0.6 is 15.9 Å². The van der Waals surface area contributed by atoms with Crippen LogP contribution in [0.15, 0.2) is 41.0 Å². The Bertz CT molecular complexity index is 599. The number of halogens is 1. The van der Waals surface area contributed by atoms with Crippen molar-refractivity contribution >= 4 is 33.3 Å². The van der Waals surface area contributed by atoms with E-state index in [4.69, 9.17) is 5.11 Å². The number of carbonyl (C=O) groups is 1. The molecule has 0 radical (unpaired) electrons. The molecule has 1 aromatic carbocycles. The average Bonchev–Trinajstić information content (AvgIpc) is 2.31. The lowest BCUT2D eigenvalue weighted by Crippen LogP contribution is -1.98. The minimum Gasteiger partial charge on any atom is -0.478 e. The number of benzene rings is 1. The molecule has 5 heteroatoms. The smallest absolute Gasteiger partial charge is 0.335 e. The summed E-state index contributed by atoms with van der Waals surface area (Å²) < 4.78 is 0.705. The van der Waals surface area contributed by atoms with Crippen LogP contribution in [0.5, 0.6) is 0 Å². The summed E-state index contributed by atoms with van der Waals surface area (Å²) in [7, 11) is 0. The number of aromatic carboxylic acids is 1. The van der Waals surface area contributed by atoms with E-state index >= 15 is 0 Å². The molecule has 2 aromatic rings. The second kappa shape index (κ2) is 5.18. The van der Waals surface area contributed by atoms with Gasteiger partial charge in [0.1, 0.15) is 0 Å². The van der Waals surface area contributed by atoms with E-state index in [1.807, 2.05) is 19.1 Å². The van der Waals surface area contributed by atoms with Crippen molar-refractivity contribution in [3.05, 3.63) is 52.3 Å². The zero-order valence-electron chi connectivity index (χ0n) is 9.64. The lowest BCUT2D eigenvalue weighted by atomic mass is 10.2. The van der Waals surface area contributed by atoms with Gasteiger partial charge < -0.3 is 10.4 Å². The monoisotopic (exact) mass is 306 g/mol. The second-order valence-corrected chi connectivity index (χ2v) is 4.67. The molecule has 0 unspecified atom stereocenters. The third-order valence-corrected chi connectivity index (χ3v) is 3.05. The largest absolute Gasteiger partial charge is 0.478 e. The van der Waals surface area contributed by atoms with Crippen molar-refractivity contribution in [1.82, 2.24) is 4.98 Å². The Kier molecular flexibility index (Phi) is 3.62. The summed E-state index contributed by atoms with van der Waals surface area (Å²) in [6, 6.07) is 8.62. The number of aromatic nitrogens is 1. The molecule has 0 saturated carbocycles. The number of carboxylic acid groups (broad SMARTS) is 1. The number of nitrogens with zero attached hydrogens (tertiary/aromatic N) is 1. The molecule has 92 valence electrons. The van der Waals surface area contributed by atoms with Gasteiger partial charge in [-0.25, -0.2) is 4.79 Å². The van der Waals surface area contributed by atoms with Crippen LogP contribution in [0.25, 0.3) is 0 Å². The molecule has 0 fully saturated rings. The molecule has 1 aromatic heterocycles. The SMILES string of the molecule is Cc1cc(Nc2ccc(C(=O)O)cc2Br)ccn1. The molecular weight excluding hydrogens is 296 g/mol. The Morgan fingerprint density at radius 1 is 1.33 bits per heavy atom. The predicted octanol–water partition coefficient (Wildman–Crippen LogP) is 3.59. The van der Waals surface area contributed by atoms with Gasteiger partial charge in [-0.3, -0.25) is 4.98 Å². The topological polar surface area (TPSA) is 62.2 Å². The maximum absolute atomic E-state index is 10.8. The molecule has 2 N–H and O–H groups in total. The van der Waals surface area contributed by atoms with Gasteiger partial charge in [0.05, 0.1) is 11.3 Å². The molecule has 0 atom stereocenters. The van der Waals surface area contributed by atoms with E-state index in [-0.39, 0.29) is 5.56 Å². The van der Waals surface area contributed by atoms with Gasteiger partial charge in [-0.05, 0) is 53.2 Å². The van der Waals surface area contributed by atoms with Gasteiger partial charge >= 0.3 is 5.97 Å². The van der Waals surface area contributed by atoms with Crippen molar-refractivity contribution in [3.63, 3.8) is 0 Å². The molecule has 0 aliphatic rings. The van der Waals surface area contributed by atoms with E-state index in [1.54, 1.807) is 24.4 Å². The fourth-order valence-corrected chi connectivity index (χ4v) is 2.01. The fourth-order valence-electron chi connectivity index (χ4n) is 1.53. The summed E-state index contributed by atoms with van der Waals surface area (Å²) in [5, 5.41) is 12.1. The average molecular weight is 307 g/mol. The van der Waals surface area contributed by atoms with E-state index in [1.165, 1.54) is 0 Å². The minimum atomic E-state index is -0.943. The zero-order valence-corrected chi connectivity index (χ0v) is 11.2. The van der Waals surface area contributed by atoms with E-state index in [2.05, 4.69) is 26.2 Å². The maximum atomic E-state index is 10.8. The summed E-state index contributed by atoms with van der Waals surface area (Å²) >= 11 is 3.35. The van der Waals surface area contributed by atoms with Crippen LogP contribution in [0.1, 0.15) is 16.1 Å². The Labute approximate surface area is 113 Å². The molecule has 1 heterocycles. The van der Waals surface area contributed by atoms with Crippen LogP contribution in [0.3, 0.4) is 0 Å². The Morgan fingerprint density at radius 2 is 2.11 bits per heavy atom. The summed E-state index contributed by atoms with van der Waals surface area (Å²) in [4.78, 5) is 14.9. The first-order valence-electron chi connectivity index (χ1n) is 5.29. The lowest BCUT2D eigenvalue weighted by molar-refractivity contribution is 0.0697. The van der Waals surface area contributed by atoms with Gasteiger partial charge in [-0.1, -0.05) is 0 Å². The van der Waals surface area contributed by atoms with E-state index in [0.717, 1.165) is 17.1 Å². The first-order chi connectivity index (χ1) is 8.56. The molecule has 2 rings (SSSR count). The molecule has 0 amide bonds. The predicted molar refractivity (Wildman–Crippen MR) is 73.4 cm³/mol. The standard InChI is InChI=1S/C13H11BrN2O2/c1-8-6-10(4-5-15-8)16-12-3-2-9(13(17)18)7-11(12)14/h2-7H,1H3,(H,15,16)(H,17,18). The van der Waals surface area contributed by atoms with Crippen molar-refractivity contribution < 1.29 is 9.90 Å². The fraction of sp³-hybridized carbons (Fsp3) is 0.0769. The molecule has 0 aliphatic heterocycles. The number of nitrogens with one attached hydrogen (secondary N) is 1. The number of anilines is 2. The molecule has 0 spiro atoms. The van der Waals surface area contributed by atoms with Gasteiger partial charge in [-0.15, -0.1) is 0 Å². The number of carboxylic acids is 1. The number of aryl methyl sites for hydroxylation is 1. The van der Waals surface area contributed by atoms with E-state index < -0.39 is 5.97 Å². The highest BCUT2D eigenvalue weighted by atomic mass is 79.9. The highest BCUT2D eigenvalue weighted by molar-refractivity contribution is 9.10.